The average Bonchev–Trinajstić information content (AvgIpc) is 2.65. The summed E-state index contributed by atoms with van der Waals surface area (Å²) in [6, 6.07) is 13.1. The van der Waals surface area contributed by atoms with Gasteiger partial charge in [-0.15, -0.1) is 0 Å². The highest BCUT2D eigenvalue weighted by Gasteiger charge is 2.23. The lowest BCUT2D eigenvalue weighted by Gasteiger charge is -2.22. The van der Waals surface area contributed by atoms with E-state index in [2.05, 4.69) is 18.8 Å². The van der Waals surface area contributed by atoms with Crippen LogP contribution in [0, 0.1) is 0 Å². The number of sulfonamides is 1. The Morgan fingerprint density at radius 2 is 1.76 bits per heavy atom. The van der Waals surface area contributed by atoms with Crippen LogP contribution < -0.4 is 0 Å². The molecule has 0 aliphatic rings. The summed E-state index contributed by atoms with van der Waals surface area (Å²) >= 11 is 0. The van der Waals surface area contributed by atoms with Crippen molar-refractivity contribution >= 4 is 10.0 Å². The molecule has 1 heterocycles. The van der Waals surface area contributed by atoms with Crippen LogP contribution in [-0.4, -0.2) is 30.8 Å². The maximum absolute atomic E-state index is 13.0. The zero-order chi connectivity index (χ0) is 18.3. The highest BCUT2D eigenvalue weighted by molar-refractivity contribution is 7.89. The van der Waals surface area contributed by atoms with Gasteiger partial charge in [0, 0.05) is 31.4 Å². The van der Waals surface area contributed by atoms with Gasteiger partial charge < -0.3 is 0 Å². The van der Waals surface area contributed by atoms with E-state index in [1.807, 2.05) is 37.3 Å². The van der Waals surface area contributed by atoms with Gasteiger partial charge in [-0.1, -0.05) is 39.0 Å². The van der Waals surface area contributed by atoms with Crippen molar-refractivity contribution in [2.24, 2.45) is 0 Å². The van der Waals surface area contributed by atoms with E-state index < -0.39 is 10.0 Å². The normalized spacial score (nSPS) is 13.1. The second-order valence-electron chi connectivity index (χ2n) is 6.35. The van der Waals surface area contributed by atoms with Crippen molar-refractivity contribution in [3.8, 4) is 0 Å². The van der Waals surface area contributed by atoms with Crippen LogP contribution in [0.5, 0.6) is 0 Å². The Labute approximate surface area is 152 Å². The van der Waals surface area contributed by atoms with Gasteiger partial charge in [-0.3, -0.25) is 4.98 Å². The molecule has 1 aromatic heterocycles. The lowest BCUT2D eigenvalue weighted by molar-refractivity contribution is 0.412. The predicted octanol–water partition coefficient (Wildman–Crippen LogP) is 4.24. The van der Waals surface area contributed by atoms with Crippen LogP contribution in [-0.2, 0) is 16.4 Å². The Balaban J connectivity index is 2.17. The van der Waals surface area contributed by atoms with E-state index in [1.165, 1.54) is 5.56 Å². The summed E-state index contributed by atoms with van der Waals surface area (Å²) in [4.78, 5) is 4.65. The first-order valence-corrected chi connectivity index (χ1v) is 10.4. The van der Waals surface area contributed by atoms with Crippen molar-refractivity contribution in [1.29, 1.82) is 0 Å². The number of benzene rings is 1. The molecule has 0 amide bonds. The second-order valence-corrected chi connectivity index (χ2v) is 8.29. The Hall–Kier alpha value is -1.72. The molecule has 0 aliphatic carbocycles. The summed E-state index contributed by atoms with van der Waals surface area (Å²) in [5.74, 6) is 0.438. The molecule has 0 bridgehead atoms. The van der Waals surface area contributed by atoms with Crippen molar-refractivity contribution in [3.05, 3.63) is 59.9 Å². The molecule has 1 atom stereocenters. The number of hydrogen-bond acceptors (Lipinski definition) is 3. The largest absolute Gasteiger partial charge is 0.261 e. The average molecular weight is 361 g/mol. The van der Waals surface area contributed by atoms with Crippen LogP contribution in [0.2, 0.25) is 0 Å². The van der Waals surface area contributed by atoms with Crippen molar-refractivity contribution < 1.29 is 8.42 Å². The molecule has 136 valence electrons. The van der Waals surface area contributed by atoms with Crippen LogP contribution >= 0.6 is 0 Å². The maximum Gasteiger partial charge on any atom is 0.243 e. The van der Waals surface area contributed by atoms with E-state index >= 15 is 0 Å². The molecule has 2 aromatic rings. The Bertz CT molecular complexity index is 743. The molecule has 0 fully saturated rings. The highest BCUT2D eigenvalue weighted by Crippen LogP contribution is 2.22. The van der Waals surface area contributed by atoms with Gasteiger partial charge in [0.2, 0.25) is 10.0 Å². The zero-order valence-electron chi connectivity index (χ0n) is 15.4. The van der Waals surface area contributed by atoms with Crippen molar-refractivity contribution in [2.45, 2.75) is 50.8 Å². The van der Waals surface area contributed by atoms with Crippen molar-refractivity contribution in [2.75, 3.05) is 13.1 Å². The molecule has 0 spiro atoms. The Morgan fingerprint density at radius 3 is 2.32 bits per heavy atom. The smallest absolute Gasteiger partial charge is 0.243 e. The molecule has 0 saturated carbocycles. The third-order valence-electron chi connectivity index (χ3n) is 4.52. The molecule has 0 radical (unpaired) electrons. The quantitative estimate of drug-likeness (QED) is 0.672. The molecule has 5 heteroatoms. The van der Waals surface area contributed by atoms with Gasteiger partial charge in [0.15, 0.2) is 0 Å². The van der Waals surface area contributed by atoms with Gasteiger partial charge in [0.1, 0.15) is 0 Å². The number of rotatable bonds is 9. The first-order chi connectivity index (χ1) is 12.0. The maximum atomic E-state index is 13.0. The Kier molecular flexibility index (Phi) is 7.14. The van der Waals surface area contributed by atoms with Gasteiger partial charge >= 0.3 is 0 Å². The van der Waals surface area contributed by atoms with E-state index in [9.17, 15) is 8.42 Å². The van der Waals surface area contributed by atoms with Crippen molar-refractivity contribution in [1.82, 2.24) is 9.29 Å². The van der Waals surface area contributed by atoms with Crippen LogP contribution in [0.1, 0.15) is 50.8 Å². The van der Waals surface area contributed by atoms with Gasteiger partial charge in [-0.25, -0.2) is 8.42 Å². The van der Waals surface area contributed by atoms with Gasteiger partial charge in [-0.2, -0.15) is 4.31 Å². The second kappa shape index (κ2) is 9.11. The fraction of sp³-hybridized carbons (Fsp3) is 0.450. The molecular weight excluding hydrogens is 332 g/mol. The summed E-state index contributed by atoms with van der Waals surface area (Å²) in [7, 11) is -3.48. The fourth-order valence-electron chi connectivity index (χ4n) is 2.74. The van der Waals surface area contributed by atoms with E-state index in [-0.39, 0.29) is 0 Å². The van der Waals surface area contributed by atoms with E-state index in [1.54, 1.807) is 22.6 Å². The Morgan fingerprint density at radius 1 is 1.04 bits per heavy atom. The first kappa shape index (κ1) is 19.6. The minimum absolute atomic E-state index is 0.369. The number of nitrogens with zero attached hydrogens (tertiary/aromatic N) is 2. The summed E-state index contributed by atoms with van der Waals surface area (Å²) in [5.41, 5.74) is 2.09. The minimum atomic E-state index is -3.48. The van der Waals surface area contributed by atoms with Crippen LogP contribution in [0.4, 0.5) is 0 Å². The predicted molar refractivity (Wildman–Crippen MR) is 102 cm³/mol. The summed E-state index contributed by atoms with van der Waals surface area (Å²) in [5, 5.41) is 0. The monoisotopic (exact) mass is 360 g/mol. The third kappa shape index (κ3) is 5.13. The van der Waals surface area contributed by atoms with E-state index in [0.29, 0.717) is 30.3 Å². The summed E-state index contributed by atoms with van der Waals surface area (Å²) < 4.78 is 27.6. The highest BCUT2D eigenvalue weighted by atomic mass is 32.2. The number of pyridine rings is 1. The van der Waals surface area contributed by atoms with E-state index in [4.69, 9.17) is 0 Å². The molecule has 0 N–H and O–H groups in total. The lowest BCUT2D eigenvalue weighted by Crippen LogP contribution is -2.33. The standard InChI is InChI=1S/C20H28N2O2S/c1-4-15-22(16-13-19-8-6-7-14-21-19)25(23,24)20-11-9-18(10-12-20)17(3)5-2/h6-12,14,17H,4-5,13,15-16H2,1-3H3. The summed E-state index contributed by atoms with van der Waals surface area (Å²) in [6.45, 7) is 7.24. The SMILES string of the molecule is CCCN(CCc1ccccn1)S(=O)(=O)c1ccc(C(C)CC)cc1. The van der Waals surface area contributed by atoms with Gasteiger partial charge in [0.25, 0.3) is 0 Å². The molecular formula is C20H28N2O2S. The van der Waals surface area contributed by atoms with Crippen molar-refractivity contribution in [3.63, 3.8) is 0 Å². The summed E-state index contributed by atoms with van der Waals surface area (Å²) in [6.07, 6.45) is 4.18. The van der Waals surface area contributed by atoms with Crippen LogP contribution in [0.3, 0.4) is 0 Å². The topological polar surface area (TPSA) is 50.3 Å². The van der Waals surface area contributed by atoms with E-state index in [0.717, 1.165) is 18.5 Å². The number of hydrogen-bond donors (Lipinski definition) is 0. The molecule has 2 rings (SSSR count). The van der Waals surface area contributed by atoms with Gasteiger partial charge in [-0.05, 0) is 48.6 Å². The first-order valence-electron chi connectivity index (χ1n) is 8.99. The molecule has 1 unspecified atom stereocenters. The third-order valence-corrected chi connectivity index (χ3v) is 6.43. The van der Waals surface area contributed by atoms with Crippen LogP contribution in [0.25, 0.3) is 0 Å². The number of aromatic nitrogens is 1. The fourth-order valence-corrected chi connectivity index (χ4v) is 4.27. The zero-order valence-corrected chi connectivity index (χ0v) is 16.2. The molecule has 1 aromatic carbocycles. The van der Waals surface area contributed by atoms with Crippen LogP contribution in [0.15, 0.2) is 53.6 Å². The molecule has 25 heavy (non-hydrogen) atoms. The lowest BCUT2D eigenvalue weighted by atomic mass is 9.99. The molecule has 0 saturated heterocycles. The minimum Gasteiger partial charge on any atom is -0.261 e. The molecule has 0 aliphatic heterocycles. The van der Waals surface area contributed by atoms with Gasteiger partial charge in [0.05, 0.1) is 4.90 Å². The molecule has 4 nitrogen and oxygen atoms in total.